The van der Waals surface area contributed by atoms with Gasteiger partial charge in [-0.2, -0.15) is 0 Å². The number of allylic oxidation sites excluding steroid dienone is 5. The highest BCUT2D eigenvalue weighted by Gasteiger charge is 1.86. The number of aliphatic imine (C=N–C) groups is 1. The fraction of sp³-hybridized carbons (Fsp3) is 0.308. The molecule has 0 aromatic heterocycles. The van der Waals surface area contributed by atoms with Crippen LogP contribution < -0.4 is 10.6 Å². The van der Waals surface area contributed by atoms with E-state index in [1.54, 1.807) is 6.20 Å². The Balaban J connectivity index is 3.88. The smallest absolute Gasteiger partial charge is 0.0845 e. The third-order valence-electron chi connectivity index (χ3n) is 1.61. The average Bonchev–Trinajstić information content (AvgIpc) is 2.23. The summed E-state index contributed by atoms with van der Waals surface area (Å²) in [6.07, 6.45) is 11.5. The van der Waals surface area contributed by atoms with Gasteiger partial charge >= 0.3 is 0 Å². The maximum atomic E-state index is 3.71. The molecular weight excluding hydrogens is 198 g/mol. The minimum absolute atomic E-state index is 0.652. The van der Waals surface area contributed by atoms with E-state index in [1.807, 2.05) is 37.4 Å². The van der Waals surface area contributed by atoms with Gasteiger partial charge in [-0.25, -0.2) is 0 Å². The first-order valence-electron chi connectivity index (χ1n) is 5.26. The molecule has 0 atom stereocenters. The van der Waals surface area contributed by atoms with E-state index >= 15 is 0 Å². The van der Waals surface area contributed by atoms with E-state index in [0.717, 1.165) is 5.70 Å². The zero-order valence-corrected chi connectivity index (χ0v) is 10.3. The number of nitrogens with one attached hydrogen (secondary N) is 2. The summed E-state index contributed by atoms with van der Waals surface area (Å²) in [5.41, 5.74) is 2.21. The lowest BCUT2D eigenvalue weighted by Crippen LogP contribution is -2.23. The van der Waals surface area contributed by atoms with E-state index in [9.17, 15) is 0 Å². The molecule has 88 valence electrons. The largest absolute Gasteiger partial charge is 0.374 e. The zero-order chi connectivity index (χ0) is 12.2. The van der Waals surface area contributed by atoms with Gasteiger partial charge in [-0.15, -0.1) is 0 Å². The van der Waals surface area contributed by atoms with Gasteiger partial charge in [-0.3, -0.25) is 4.99 Å². The van der Waals surface area contributed by atoms with Crippen LogP contribution in [-0.4, -0.2) is 13.4 Å². The molecule has 0 saturated heterocycles. The van der Waals surface area contributed by atoms with Gasteiger partial charge in [0.25, 0.3) is 0 Å². The minimum Gasteiger partial charge on any atom is -0.374 e. The predicted octanol–water partition coefficient (Wildman–Crippen LogP) is 2.72. The van der Waals surface area contributed by atoms with Gasteiger partial charge in [-0.05, 0) is 45.8 Å². The van der Waals surface area contributed by atoms with Gasteiger partial charge in [0, 0.05) is 6.20 Å². The van der Waals surface area contributed by atoms with Crippen LogP contribution in [0, 0.1) is 0 Å². The van der Waals surface area contributed by atoms with E-state index in [-0.39, 0.29) is 0 Å². The van der Waals surface area contributed by atoms with Gasteiger partial charge in [0.2, 0.25) is 0 Å². The van der Waals surface area contributed by atoms with Crippen LogP contribution in [0.15, 0.2) is 53.0 Å². The second-order valence-electron chi connectivity index (χ2n) is 3.43. The van der Waals surface area contributed by atoms with Gasteiger partial charge < -0.3 is 10.6 Å². The van der Waals surface area contributed by atoms with Crippen LogP contribution >= 0.6 is 0 Å². The van der Waals surface area contributed by atoms with Crippen molar-refractivity contribution in [1.82, 2.24) is 10.6 Å². The Bertz CT molecular complexity index is 305. The third-order valence-corrected chi connectivity index (χ3v) is 1.61. The molecule has 2 N–H and O–H groups in total. The topological polar surface area (TPSA) is 36.4 Å². The molecule has 0 aliphatic heterocycles. The molecule has 16 heavy (non-hydrogen) atoms. The molecule has 0 amide bonds. The summed E-state index contributed by atoms with van der Waals surface area (Å²) >= 11 is 0. The molecule has 3 nitrogen and oxygen atoms in total. The molecular formula is C13H21N3. The molecule has 0 unspecified atom stereocenters. The second kappa shape index (κ2) is 9.77. The number of rotatable bonds is 7. The van der Waals surface area contributed by atoms with Crippen molar-refractivity contribution in [3.8, 4) is 0 Å². The molecule has 0 saturated carbocycles. The Morgan fingerprint density at radius 3 is 2.69 bits per heavy atom. The van der Waals surface area contributed by atoms with Gasteiger partial charge in [-0.1, -0.05) is 17.7 Å². The van der Waals surface area contributed by atoms with E-state index in [4.69, 9.17) is 0 Å². The second-order valence-corrected chi connectivity index (χ2v) is 3.43. The summed E-state index contributed by atoms with van der Waals surface area (Å²) in [5.74, 6) is 0. The minimum atomic E-state index is 0.652. The fourth-order valence-electron chi connectivity index (χ4n) is 0.946. The van der Waals surface area contributed by atoms with Crippen LogP contribution in [0.3, 0.4) is 0 Å². The molecule has 0 radical (unpaired) electrons. The van der Waals surface area contributed by atoms with E-state index < -0.39 is 0 Å². The molecule has 0 aliphatic rings. The lowest BCUT2D eigenvalue weighted by Gasteiger charge is -2.05. The summed E-state index contributed by atoms with van der Waals surface area (Å²) in [7, 11) is 0. The van der Waals surface area contributed by atoms with Crippen molar-refractivity contribution < 1.29 is 0 Å². The molecule has 0 aromatic carbocycles. The Labute approximate surface area is 98.4 Å². The highest BCUT2D eigenvalue weighted by atomic mass is 15.1. The van der Waals surface area contributed by atoms with Gasteiger partial charge in [0.15, 0.2) is 0 Å². The zero-order valence-electron chi connectivity index (χ0n) is 10.3. The highest BCUT2D eigenvalue weighted by Crippen LogP contribution is 1.91. The monoisotopic (exact) mass is 219 g/mol. The van der Waals surface area contributed by atoms with Crippen molar-refractivity contribution in [3.63, 3.8) is 0 Å². The summed E-state index contributed by atoms with van der Waals surface area (Å²) < 4.78 is 0. The lowest BCUT2D eigenvalue weighted by molar-refractivity contribution is 0.747. The molecule has 0 fully saturated rings. The highest BCUT2D eigenvalue weighted by molar-refractivity contribution is 5.28. The van der Waals surface area contributed by atoms with Crippen LogP contribution in [0.25, 0.3) is 0 Å². The molecule has 0 heterocycles. The fourth-order valence-corrected chi connectivity index (χ4v) is 0.946. The summed E-state index contributed by atoms with van der Waals surface area (Å²) in [6, 6.07) is 0. The summed E-state index contributed by atoms with van der Waals surface area (Å²) in [5, 5.41) is 6.28. The van der Waals surface area contributed by atoms with Crippen molar-refractivity contribution in [2.75, 3.05) is 6.67 Å². The third kappa shape index (κ3) is 8.81. The molecule has 0 aromatic rings. The number of nitrogens with zero attached hydrogens (tertiary/aromatic N) is 1. The molecule has 0 spiro atoms. The standard InChI is InChI=1S/C13H21N3/c1-5-7-13(10-14-4)16-11-15-9-6-8-12(2)3/h5-10,15-16H,4,11H2,1-3H3/b7-5-,9-6+,13-10+. The van der Waals surface area contributed by atoms with Crippen LogP contribution in [0.4, 0.5) is 0 Å². The average molecular weight is 219 g/mol. The molecule has 3 heteroatoms. The van der Waals surface area contributed by atoms with Crippen LogP contribution in [0.5, 0.6) is 0 Å². The van der Waals surface area contributed by atoms with Gasteiger partial charge in [0.1, 0.15) is 0 Å². The Kier molecular flexibility index (Phi) is 8.69. The SMILES string of the molecule is C=N/C=C(\C=C/C)NCN/C=C/C=C(C)C. The van der Waals surface area contributed by atoms with Crippen molar-refractivity contribution in [3.05, 3.63) is 48.0 Å². The lowest BCUT2D eigenvalue weighted by atomic mass is 10.3. The normalized spacial score (nSPS) is 11.8. The molecule has 0 rings (SSSR count). The van der Waals surface area contributed by atoms with Gasteiger partial charge in [0.05, 0.1) is 12.4 Å². The van der Waals surface area contributed by atoms with Crippen molar-refractivity contribution in [1.29, 1.82) is 0 Å². The predicted molar refractivity (Wildman–Crippen MR) is 72.2 cm³/mol. The molecule has 0 bridgehead atoms. The summed E-state index contributed by atoms with van der Waals surface area (Å²) in [4.78, 5) is 3.71. The number of hydrogen-bond acceptors (Lipinski definition) is 3. The van der Waals surface area contributed by atoms with Crippen molar-refractivity contribution in [2.24, 2.45) is 4.99 Å². The Morgan fingerprint density at radius 2 is 2.12 bits per heavy atom. The van der Waals surface area contributed by atoms with Crippen LogP contribution in [0.1, 0.15) is 20.8 Å². The van der Waals surface area contributed by atoms with E-state index in [0.29, 0.717) is 6.67 Å². The summed E-state index contributed by atoms with van der Waals surface area (Å²) in [6.45, 7) is 10.1. The maximum absolute atomic E-state index is 3.71. The first-order valence-corrected chi connectivity index (χ1v) is 5.26. The van der Waals surface area contributed by atoms with Crippen molar-refractivity contribution >= 4 is 6.72 Å². The maximum Gasteiger partial charge on any atom is 0.0845 e. The quantitative estimate of drug-likeness (QED) is 0.299. The first kappa shape index (κ1) is 14.2. The molecule has 0 aliphatic carbocycles. The Morgan fingerprint density at radius 1 is 1.38 bits per heavy atom. The van der Waals surface area contributed by atoms with Crippen molar-refractivity contribution in [2.45, 2.75) is 20.8 Å². The first-order chi connectivity index (χ1) is 7.70. The van der Waals surface area contributed by atoms with Crippen LogP contribution in [0.2, 0.25) is 0 Å². The Hall–Kier alpha value is -1.77. The van der Waals surface area contributed by atoms with E-state index in [2.05, 4.69) is 36.2 Å². The number of hydrogen-bond donors (Lipinski definition) is 2. The van der Waals surface area contributed by atoms with E-state index in [1.165, 1.54) is 5.57 Å². The van der Waals surface area contributed by atoms with Crippen LogP contribution in [-0.2, 0) is 0 Å².